The summed E-state index contributed by atoms with van der Waals surface area (Å²) >= 11 is 0. The summed E-state index contributed by atoms with van der Waals surface area (Å²) in [5.41, 5.74) is -0.227. The lowest BCUT2D eigenvalue weighted by Gasteiger charge is -1.95. The molecule has 0 amide bonds. The zero-order valence-electron chi connectivity index (χ0n) is 5.72. The average Bonchev–Trinajstić information content (AvgIpc) is 1.81. The Morgan fingerprint density at radius 3 is 2.40 bits per heavy atom. The molecule has 0 spiro atoms. The van der Waals surface area contributed by atoms with Gasteiger partial charge in [-0.1, -0.05) is 6.08 Å². The number of carbonyl (C=O) groups is 1. The summed E-state index contributed by atoms with van der Waals surface area (Å²) in [7, 11) is 0. The minimum atomic E-state index is -1.22. The van der Waals surface area contributed by atoms with Crippen LogP contribution in [0.4, 0.5) is 4.39 Å². The zero-order chi connectivity index (χ0) is 8.15. The highest BCUT2D eigenvalue weighted by atomic mass is 19.1. The summed E-state index contributed by atoms with van der Waals surface area (Å²) in [6, 6.07) is 0. The van der Waals surface area contributed by atoms with Crippen molar-refractivity contribution in [1.82, 2.24) is 0 Å². The number of aliphatic carboxylic acids is 1. The van der Waals surface area contributed by atoms with Crippen LogP contribution in [0.3, 0.4) is 0 Å². The standard InChI is InChI=1S/C7H9FO2/c1-3-4-6(5(2)8)7(9)10/h3H,1,4H2,2H3,(H,9,10)/b6-5-. The van der Waals surface area contributed by atoms with E-state index >= 15 is 0 Å². The molecule has 0 aromatic rings. The Morgan fingerprint density at radius 1 is 1.80 bits per heavy atom. The summed E-state index contributed by atoms with van der Waals surface area (Å²) in [5.74, 6) is -1.88. The van der Waals surface area contributed by atoms with Crippen LogP contribution >= 0.6 is 0 Å². The van der Waals surface area contributed by atoms with E-state index in [-0.39, 0.29) is 12.0 Å². The van der Waals surface area contributed by atoms with E-state index < -0.39 is 11.8 Å². The Morgan fingerprint density at radius 2 is 2.30 bits per heavy atom. The maximum absolute atomic E-state index is 12.3. The normalized spacial score (nSPS) is 12.2. The van der Waals surface area contributed by atoms with Crippen LogP contribution in [-0.4, -0.2) is 11.1 Å². The predicted octanol–water partition coefficient (Wildman–Crippen LogP) is 1.89. The van der Waals surface area contributed by atoms with Gasteiger partial charge in [-0.3, -0.25) is 0 Å². The molecule has 0 aliphatic heterocycles. The van der Waals surface area contributed by atoms with Gasteiger partial charge in [-0.15, -0.1) is 6.58 Å². The van der Waals surface area contributed by atoms with Gasteiger partial charge in [0, 0.05) is 0 Å². The molecule has 10 heavy (non-hydrogen) atoms. The van der Waals surface area contributed by atoms with Crippen molar-refractivity contribution >= 4 is 5.97 Å². The Hall–Kier alpha value is -1.12. The maximum atomic E-state index is 12.3. The molecule has 0 unspecified atom stereocenters. The topological polar surface area (TPSA) is 37.3 Å². The second-order valence-electron chi connectivity index (χ2n) is 1.81. The first kappa shape index (κ1) is 8.88. The van der Waals surface area contributed by atoms with Crippen LogP contribution in [0.5, 0.6) is 0 Å². The molecule has 0 radical (unpaired) electrons. The predicted molar refractivity (Wildman–Crippen MR) is 36.3 cm³/mol. The van der Waals surface area contributed by atoms with Gasteiger partial charge in [0.25, 0.3) is 0 Å². The molecule has 0 heterocycles. The highest BCUT2D eigenvalue weighted by Gasteiger charge is 2.08. The summed E-state index contributed by atoms with van der Waals surface area (Å²) in [6.45, 7) is 4.42. The quantitative estimate of drug-likeness (QED) is 0.485. The molecule has 0 atom stereocenters. The molecule has 2 nitrogen and oxygen atoms in total. The van der Waals surface area contributed by atoms with Crippen LogP contribution in [0.1, 0.15) is 13.3 Å². The zero-order valence-corrected chi connectivity index (χ0v) is 5.72. The molecule has 0 fully saturated rings. The minimum absolute atomic E-state index is 0.0671. The van der Waals surface area contributed by atoms with Crippen molar-refractivity contribution in [3.63, 3.8) is 0 Å². The molecule has 0 aromatic carbocycles. The van der Waals surface area contributed by atoms with Crippen molar-refractivity contribution in [2.24, 2.45) is 0 Å². The fourth-order valence-corrected chi connectivity index (χ4v) is 0.520. The molecule has 0 aromatic heterocycles. The second kappa shape index (κ2) is 3.82. The van der Waals surface area contributed by atoms with E-state index in [4.69, 9.17) is 5.11 Å². The van der Waals surface area contributed by atoms with Crippen LogP contribution in [0, 0.1) is 0 Å². The number of hydrogen-bond donors (Lipinski definition) is 1. The molecular formula is C7H9FO2. The van der Waals surface area contributed by atoms with Crippen molar-refractivity contribution in [2.45, 2.75) is 13.3 Å². The third-order valence-corrected chi connectivity index (χ3v) is 1.02. The number of hydrogen-bond acceptors (Lipinski definition) is 1. The smallest absolute Gasteiger partial charge is 0.334 e. The summed E-state index contributed by atoms with van der Waals surface area (Å²) in [4.78, 5) is 10.2. The summed E-state index contributed by atoms with van der Waals surface area (Å²) in [6.07, 6.45) is 1.42. The Bertz CT molecular complexity index is 178. The molecule has 0 aliphatic carbocycles. The van der Waals surface area contributed by atoms with Crippen LogP contribution in [0.15, 0.2) is 24.1 Å². The largest absolute Gasteiger partial charge is 0.478 e. The van der Waals surface area contributed by atoms with Gasteiger partial charge in [-0.25, -0.2) is 9.18 Å². The minimum Gasteiger partial charge on any atom is -0.478 e. The summed E-state index contributed by atoms with van der Waals surface area (Å²) < 4.78 is 12.3. The Kier molecular flexibility index (Phi) is 3.39. The molecule has 1 N–H and O–H groups in total. The Balaban J connectivity index is 4.42. The van der Waals surface area contributed by atoms with Crippen molar-refractivity contribution in [1.29, 1.82) is 0 Å². The van der Waals surface area contributed by atoms with Crippen molar-refractivity contribution in [3.8, 4) is 0 Å². The van der Waals surface area contributed by atoms with E-state index in [0.29, 0.717) is 0 Å². The number of allylic oxidation sites excluding steroid dienone is 2. The molecule has 56 valence electrons. The van der Waals surface area contributed by atoms with Crippen LogP contribution < -0.4 is 0 Å². The SMILES string of the molecule is C=CC/C(C(=O)O)=C(\C)F. The average molecular weight is 144 g/mol. The van der Waals surface area contributed by atoms with Gasteiger partial charge in [0.1, 0.15) is 5.83 Å². The van der Waals surface area contributed by atoms with Gasteiger partial charge in [-0.2, -0.15) is 0 Å². The summed E-state index contributed by atoms with van der Waals surface area (Å²) in [5, 5.41) is 8.33. The van der Waals surface area contributed by atoms with Gasteiger partial charge >= 0.3 is 5.97 Å². The van der Waals surface area contributed by atoms with Crippen LogP contribution in [0.2, 0.25) is 0 Å². The van der Waals surface area contributed by atoms with Crippen molar-refractivity contribution in [3.05, 3.63) is 24.1 Å². The first-order valence-electron chi connectivity index (χ1n) is 2.79. The van der Waals surface area contributed by atoms with Crippen LogP contribution in [-0.2, 0) is 4.79 Å². The van der Waals surface area contributed by atoms with E-state index in [1.165, 1.54) is 6.08 Å². The van der Waals surface area contributed by atoms with Gasteiger partial charge in [0.05, 0.1) is 5.57 Å². The number of halogens is 1. The highest BCUT2D eigenvalue weighted by Crippen LogP contribution is 2.09. The number of carboxylic acids is 1. The first-order chi connectivity index (χ1) is 4.59. The van der Waals surface area contributed by atoms with Gasteiger partial charge in [0.2, 0.25) is 0 Å². The molecule has 0 saturated carbocycles. The number of carboxylic acid groups (broad SMARTS) is 1. The molecule has 0 bridgehead atoms. The third-order valence-electron chi connectivity index (χ3n) is 1.02. The lowest BCUT2D eigenvalue weighted by molar-refractivity contribution is -0.132. The van der Waals surface area contributed by atoms with E-state index in [1.54, 1.807) is 0 Å². The van der Waals surface area contributed by atoms with E-state index in [1.807, 2.05) is 0 Å². The number of rotatable bonds is 3. The van der Waals surface area contributed by atoms with Gasteiger partial charge in [-0.05, 0) is 13.3 Å². The van der Waals surface area contributed by atoms with Crippen molar-refractivity contribution < 1.29 is 14.3 Å². The van der Waals surface area contributed by atoms with Crippen molar-refractivity contribution in [2.75, 3.05) is 0 Å². The van der Waals surface area contributed by atoms with E-state index in [2.05, 4.69) is 6.58 Å². The molecule has 0 rings (SSSR count). The molecule has 3 heteroatoms. The lowest BCUT2D eigenvalue weighted by Crippen LogP contribution is -2.00. The fourth-order valence-electron chi connectivity index (χ4n) is 0.520. The van der Waals surface area contributed by atoms with Gasteiger partial charge in [0.15, 0.2) is 0 Å². The second-order valence-corrected chi connectivity index (χ2v) is 1.81. The molecule has 0 aliphatic rings. The molecular weight excluding hydrogens is 135 g/mol. The van der Waals surface area contributed by atoms with Gasteiger partial charge < -0.3 is 5.11 Å². The van der Waals surface area contributed by atoms with E-state index in [0.717, 1.165) is 6.92 Å². The third kappa shape index (κ3) is 2.44. The molecule has 0 saturated heterocycles. The Labute approximate surface area is 58.7 Å². The lowest BCUT2D eigenvalue weighted by atomic mass is 10.2. The fraction of sp³-hybridized carbons (Fsp3) is 0.286. The highest BCUT2D eigenvalue weighted by molar-refractivity contribution is 5.87. The monoisotopic (exact) mass is 144 g/mol. The maximum Gasteiger partial charge on any atom is 0.334 e. The van der Waals surface area contributed by atoms with Crippen LogP contribution in [0.25, 0.3) is 0 Å². The first-order valence-corrected chi connectivity index (χ1v) is 2.79. The van der Waals surface area contributed by atoms with E-state index in [9.17, 15) is 9.18 Å².